The molecule has 1 atom stereocenters. The van der Waals surface area contributed by atoms with E-state index in [9.17, 15) is 9.50 Å². The van der Waals surface area contributed by atoms with Crippen molar-refractivity contribution >= 4 is 0 Å². The lowest BCUT2D eigenvalue weighted by molar-refractivity contribution is -0.949. The second-order valence-electron chi connectivity index (χ2n) is 8.21. The fraction of sp³-hybridized carbons (Fsp3) is 0.478. The highest BCUT2D eigenvalue weighted by atomic mass is 19.1. The van der Waals surface area contributed by atoms with E-state index in [0.29, 0.717) is 17.8 Å². The highest BCUT2D eigenvalue weighted by Crippen LogP contribution is 2.36. The Kier molecular flexibility index (Phi) is 6.46. The van der Waals surface area contributed by atoms with Crippen LogP contribution in [0.2, 0.25) is 0 Å². The summed E-state index contributed by atoms with van der Waals surface area (Å²) in [6.45, 7) is 12.1. The number of hydrogen-bond donors (Lipinski definition) is 1. The van der Waals surface area contributed by atoms with Crippen molar-refractivity contribution in [3.8, 4) is 5.75 Å². The van der Waals surface area contributed by atoms with Crippen LogP contribution in [0.25, 0.3) is 0 Å². The maximum absolute atomic E-state index is 13.4. The Morgan fingerprint density at radius 1 is 0.962 bits per heavy atom. The normalized spacial score (nSPS) is 13.4. The van der Waals surface area contributed by atoms with Gasteiger partial charge in [-0.25, -0.2) is 4.39 Å². The number of halogens is 1. The second-order valence-corrected chi connectivity index (χ2v) is 8.21. The number of phenolic OH excluding ortho intramolecular Hbond substituents is 1. The number of phenols is 1. The molecule has 26 heavy (non-hydrogen) atoms. The van der Waals surface area contributed by atoms with Crippen molar-refractivity contribution in [3.63, 3.8) is 0 Å². The number of quaternary nitrogens is 1. The van der Waals surface area contributed by atoms with E-state index in [-0.39, 0.29) is 11.7 Å². The van der Waals surface area contributed by atoms with Gasteiger partial charge >= 0.3 is 0 Å². The topological polar surface area (TPSA) is 20.2 Å². The number of hydrogen-bond acceptors (Lipinski definition) is 1. The van der Waals surface area contributed by atoms with E-state index in [1.807, 2.05) is 25.1 Å². The summed E-state index contributed by atoms with van der Waals surface area (Å²) in [4.78, 5) is 0. The van der Waals surface area contributed by atoms with Gasteiger partial charge in [0, 0.05) is 17.9 Å². The van der Waals surface area contributed by atoms with Crippen molar-refractivity contribution in [1.82, 2.24) is 0 Å². The van der Waals surface area contributed by atoms with E-state index in [1.165, 1.54) is 12.1 Å². The van der Waals surface area contributed by atoms with Crippen LogP contribution in [0.15, 0.2) is 42.5 Å². The van der Waals surface area contributed by atoms with Crippen molar-refractivity contribution in [3.05, 3.63) is 65.0 Å². The first-order valence-corrected chi connectivity index (χ1v) is 9.55. The molecule has 0 aliphatic heterocycles. The first kappa shape index (κ1) is 20.4. The molecule has 142 valence electrons. The number of nitrogens with zero attached hydrogens (tertiary/aromatic N) is 1. The predicted octanol–water partition coefficient (Wildman–Crippen LogP) is 5.63. The third-order valence-corrected chi connectivity index (χ3v) is 6.09. The average Bonchev–Trinajstić information content (AvgIpc) is 2.58. The van der Waals surface area contributed by atoms with Gasteiger partial charge in [-0.1, -0.05) is 29.8 Å². The summed E-state index contributed by atoms with van der Waals surface area (Å²) in [5.41, 5.74) is 3.09. The van der Waals surface area contributed by atoms with Gasteiger partial charge in [0.05, 0.1) is 25.7 Å². The van der Waals surface area contributed by atoms with Crippen LogP contribution in [0.1, 0.15) is 56.7 Å². The minimum atomic E-state index is -0.231. The van der Waals surface area contributed by atoms with Crippen molar-refractivity contribution in [2.24, 2.45) is 0 Å². The molecular formula is C23H33FNO+. The molecule has 0 aromatic heterocycles. The van der Waals surface area contributed by atoms with Crippen LogP contribution < -0.4 is 0 Å². The third-order valence-electron chi connectivity index (χ3n) is 6.09. The van der Waals surface area contributed by atoms with Crippen LogP contribution >= 0.6 is 0 Å². The summed E-state index contributed by atoms with van der Waals surface area (Å²) in [6.07, 6.45) is 0.898. The molecule has 0 saturated carbocycles. The summed E-state index contributed by atoms with van der Waals surface area (Å²) in [6, 6.07) is 13.5. The molecule has 0 aliphatic carbocycles. The molecule has 0 fully saturated rings. The van der Waals surface area contributed by atoms with Crippen LogP contribution in [0.4, 0.5) is 4.39 Å². The molecule has 0 saturated heterocycles. The zero-order valence-corrected chi connectivity index (χ0v) is 17.0. The Labute approximate surface area is 157 Å². The lowest BCUT2D eigenvalue weighted by Crippen LogP contribution is -2.55. The Morgan fingerprint density at radius 2 is 1.54 bits per heavy atom. The quantitative estimate of drug-likeness (QED) is 0.636. The zero-order valence-electron chi connectivity index (χ0n) is 17.0. The number of aromatic hydroxyl groups is 1. The number of benzene rings is 2. The molecular weight excluding hydrogens is 325 g/mol. The summed E-state index contributed by atoms with van der Waals surface area (Å²) in [7, 11) is 2.30. The number of rotatable bonds is 7. The Balaban J connectivity index is 2.41. The van der Waals surface area contributed by atoms with E-state index in [2.05, 4.69) is 40.8 Å². The molecule has 0 unspecified atom stereocenters. The standard InChI is InChI=1S/C23H32FNO/c1-16(2)25(6,17(3)4)14-13-21(19-8-10-20(24)11-9-19)22-15-18(5)7-12-23(22)26/h7-12,15-17,21H,13-14H2,1-6H3/p+1/t21-/m1/s1. The highest BCUT2D eigenvalue weighted by Gasteiger charge is 2.31. The van der Waals surface area contributed by atoms with Gasteiger partial charge in [-0.05, 0) is 58.4 Å². The molecule has 0 amide bonds. The molecule has 1 N–H and O–H groups in total. The van der Waals surface area contributed by atoms with Crippen molar-refractivity contribution < 1.29 is 14.0 Å². The van der Waals surface area contributed by atoms with Crippen molar-refractivity contribution in [2.75, 3.05) is 13.6 Å². The lowest BCUT2D eigenvalue weighted by Gasteiger charge is -2.43. The average molecular weight is 359 g/mol. The molecule has 0 spiro atoms. The minimum absolute atomic E-state index is 0.0467. The molecule has 3 heteroatoms. The van der Waals surface area contributed by atoms with E-state index in [1.54, 1.807) is 6.07 Å². The summed E-state index contributed by atoms with van der Waals surface area (Å²) in [5, 5.41) is 10.5. The van der Waals surface area contributed by atoms with Crippen LogP contribution in [-0.4, -0.2) is 35.3 Å². The number of aryl methyl sites for hydroxylation is 1. The zero-order chi connectivity index (χ0) is 19.5. The monoisotopic (exact) mass is 358 g/mol. The van der Waals surface area contributed by atoms with Crippen molar-refractivity contribution in [1.29, 1.82) is 0 Å². The molecule has 2 rings (SSSR count). The van der Waals surface area contributed by atoms with Crippen LogP contribution in [-0.2, 0) is 0 Å². The fourth-order valence-corrected chi connectivity index (χ4v) is 3.67. The smallest absolute Gasteiger partial charge is 0.123 e. The molecule has 0 aliphatic rings. The fourth-order valence-electron chi connectivity index (χ4n) is 3.67. The second kappa shape index (κ2) is 8.22. The van der Waals surface area contributed by atoms with E-state index in [0.717, 1.165) is 34.1 Å². The lowest BCUT2D eigenvalue weighted by atomic mass is 9.86. The van der Waals surface area contributed by atoms with E-state index in [4.69, 9.17) is 0 Å². The van der Waals surface area contributed by atoms with Crippen LogP contribution in [0.3, 0.4) is 0 Å². The molecule has 2 aromatic rings. The Hall–Kier alpha value is -1.87. The summed E-state index contributed by atoms with van der Waals surface area (Å²) < 4.78 is 14.4. The minimum Gasteiger partial charge on any atom is -0.508 e. The Morgan fingerprint density at radius 3 is 2.08 bits per heavy atom. The van der Waals surface area contributed by atoms with Gasteiger partial charge in [0.15, 0.2) is 0 Å². The maximum atomic E-state index is 13.4. The van der Waals surface area contributed by atoms with Gasteiger partial charge < -0.3 is 9.59 Å². The molecule has 2 nitrogen and oxygen atoms in total. The van der Waals surface area contributed by atoms with E-state index < -0.39 is 0 Å². The highest BCUT2D eigenvalue weighted by molar-refractivity contribution is 5.43. The molecule has 0 bridgehead atoms. The van der Waals surface area contributed by atoms with Crippen molar-refractivity contribution in [2.45, 2.75) is 59.0 Å². The van der Waals surface area contributed by atoms with Gasteiger partial charge in [0.1, 0.15) is 11.6 Å². The SMILES string of the molecule is Cc1ccc(O)c([C@H](CC[N+](C)(C(C)C)C(C)C)c2ccc(F)cc2)c1. The maximum Gasteiger partial charge on any atom is 0.123 e. The van der Waals surface area contributed by atoms with Gasteiger partial charge in [-0.15, -0.1) is 0 Å². The summed E-state index contributed by atoms with van der Waals surface area (Å²) in [5.74, 6) is 0.129. The molecule has 0 radical (unpaired) electrons. The molecule has 2 aromatic carbocycles. The van der Waals surface area contributed by atoms with Gasteiger partial charge in [-0.3, -0.25) is 0 Å². The molecule has 0 heterocycles. The van der Waals surface area contributed by atoms with Gasteiger partial charge in [0.2, 0.25) is 0 Å². The van der Waals surface area contributed by atoms with E-state index >= 15 is 0 Å². The van der Waals surface area contributed by atoms with Gasteiger partial charge in [-0.2, -0.15) is 0 Å². The largest absolute Gasteiger partial charge is 0.508 e. The Bertz CT molecular complexity index is 713. The predicted molar refractivity (Wildman–Crippen MR) is 107 cm³/mol. The van der Waals surface area contributed by atoms with Gasteiger partial charge in [0.25, 0.3) is 0 Å². The summed E-state index contributed by atoms with van der Waals surface area (Å²) >= 11 is 0. The first-order valence-electron chi connectivity index (χ1n) is 9.55. The van der Waals surface area contributed by atoms with Crippen LogP contribution in [0.5, 0.6) is 5.75 Å². The third kappa shape index (κ3) is 4.45. The first-order chi connectivity index (χ1) is 12.1. The van der Waals surface area contributed by atoms with Crippen LogP contribution in [0, 0.1) is 12.7 Å².